The van der Waals surface area contributed by atoms with E-state index >= 15 is 0 Å². The molecule has 0 bridgehead atoms. The summed E-state index contributed by atoms with van der Waals surface area (Å²) >= 11 is 0. The zero-order valence-corrected chi connectivity index (χ0v) is 5.70. The molecule has 0 saturated carbocycles. The Morgan fingerprint density at radius 2 is 1.36 bits per heavy atom. The third-order valence-electron chi connectivity index (χ3n) is 0.957. The van der Waals surface area contributed by atoms with Gasteiger partial charge in [0, 0.05) is 0 Å². The molecule has 0 aliphatic heterocycles. The summed E-state index contributed by atoms with van der Waals surface area (Å²) in [4.78, 5) is 0. The van der Waals surface area contributed by atoms with E-state index in [9.17, 15) is 18.3 Å². The second-order valence-corrected chi connectivity index (χ2v) is 1.70. The molecule has 0 heterocycles. The first-order chi connectivity index (χ1) is 4.61. The Morgan fingerprint density at radius 3 is 1.73 bits per heavy atom. The standard InChI is InChI=1S/C6H3F3O.Li/c7-4-1-3(10)2-5(8)6(4)9;/h1-2,10H;/q;+1/p-1. The van der Waals surface area contributed by atoms with E-state index in [-0.39, 0.29) is 18.9 Å². The summed E-state index contributed by atoms with van der Waals surface area (Å²) in [7, 11) is 0. The molecule has 0 aliphatic rings. The fourth-order valence-electron chi connectivity index (χ4n) is 0.532. The van der Waals surface area contributed by atoms with Gasteiger partial charge in [-0.25, -0.2) is 13.2 Å². The number of rotatable bonds is 0. The zero-order valence-electron chi connectivity index (χ0n) is 5.70. The molecule has 1 rings (SSSR count). The van der Waals surface area contributed by atoms with Crippen molar-refractivity contribution in [2.24, 2.45) is 0 Å². The molecule has 1 aromatic carbocycles. The van der Waals surface area contributed by atoms with Crippen molar-refractivity contribution in [2.75, 3.05) is 0 Å². The Labute approximate surface area is 73.0 Å². The second-order valence-electron chi connectivity index (χ2n) is 1.70. The summed E-state index contributed by atoms with van der Waals surface area (Å²) in [6.45, 7) is 0. The van der Waals surface area contributed by atoms with Gasteiger partial charge in [0.15, 0.2) is 17.5 Å². The van der Waals surface area contributed by atoms with Crippen LogP contribution < -0.4 is 24.0 Å². The van der Waals surface area contributed by atoms with Gasteiger partial charge in [0.2, 0.25) is 0 Å². The zero-order chi connectivity index (χ0) is 7.72. The van der Waals surface area contributed by atoms with Gasteiger partial charge in [-0.05, 0) is 12.1 Å². The fraction of sp³-hybridized carbons (Fsp3) is 0. The van der Waals surface area contributed by atoms with Crippen molar-refractivity contribution < 1.29 is 37.1 Å². The van der Waals surface area contributed by atoms with E-state index in [1.807, 2.05) is 0 Å². The molecule has 1 nitrogen and oxygen atoms in total. The Kier molecular flexibility index (Phi) is 3.50. The van der Waals surface area contributed by atoms with Crippen LogP contribution in [0.1, 0.15) is 0 Å². The van der Waals surface area contributed by atoms with E-state index in [0.717, 1.165) is 0 Å². The van der Waals surface area contributed by atoms with E-state index in [0.29, 0.717) is 12.1 Å². The normalized spacial score (nSPS) is 9.00. The van der Waals surface area contributed by atoms with Crippen molar-refractivity contribution >= 4 is 0 Å². The number of benzene rings is 1. The molecule has 11 heavy (non-hydrogen) atoms. The molecule has 0 atom stereocenters. The maximum atomic E-state index is 12.0. The van der Waals surface area contributed by atoms with E-state index in [1.165, 1.54) is 0 Å². The van der Waals surface area contributed by atoms with Crippen LogP contribution in [0.25, 0.3) is 0 Å². The smallest absolute Gasteiger partial charge is 0.872 e. The molecule has 0 saturated heterocycles. The summed E-state index contributed by atoms with van der Waals surface area (Å²) in [6.07, 6.45) is 0. The van der Waals surface area contributed by atoms with Gasteiger partial charge >= 0.3 is 18.9 Å². The summed E-state index contributed by atoms with van der Waals surface area (Å²) in [5.41, 5.74) is 0. The van der Waals surface area contributed by atoms with Crippen LogP contribution in [0, 0.1) is 17.5 Å². The average Bonchev–Trinajstić information content (AvgIpc) is 1.82. The second kappa shape index (κ2) is 3.70. The van der Waals surface area contributed by atoms with Crippen molar-refractivity contribution in [3.05, 3.63) is 29.6 Å². The Balaban J connectivity index is 0.000001000. The predicted molar refractivity (Wildman–Crippen MR) is 25.8 cm³/mol. The van der Waals surface area contributed by atoms with Gasteiger partial charge in [0.1, 0.15) is 0 Å². The minimum absolute atomic E-state index is 0. The quantitative estimate of drug-likeness (QED) is 0.319. The number of hydrogen-bond acceptors (Lipinski definition) is 1. The van der Waals surface area contributed by atoms with Crippen LogP contribution in [-0.4, -0.2) is 0 Å². The van der Waals surface area contributed by atoms with Gasteiger partial charge in [0.05, 0.1) is 0 Å². The topological polar surface area (TPSA) is 23.1 Å². The molecule has 1 aromatic rings. The molecule has 0 amide bonds. The van der Waals surface area contributed by atoms with E-state index < -0.39 is 23.2 Å². The third kappa shape index (κ3) is 2.17. The average molecular weight is 154 g/mol. The molecule has 0 spiro atoms. The molecule has 0 aromatic heterocycles. The fourth-order valence-corrected chi connectivity index (χ4v) is 0.532. The van der Waals surface area contributed by atoms with Gasteiger partial charge in [0.25, 0.3) is 0 Å². The first kappa shape index (κ1) is 10.4. The van der Waals surface area contributed by atoms with Crippen LogP contribution >= 0.6 is 0 Å². The van der Waals surface area contributed by atoms with Gasteiger partial charge in [-0.3, -0.25) is 0 Å². The summed E-state index contributed by atoms with van der Waals surface area (Å²) in [5, 5.41) is 10.2. The van der Waals surface area contributed by atoms with Crippen LogP contribution in [0.4, 0.5) is 13.2 Å². The van der Waals surface area contributed by atoms with Crippen molar-refractivity contribution in [3.63, 3.8) is 0 Å². The molecular formula is C6H2F3LiO. The van der Waals surface area contributed by atoms with Gasteiger partial charge in [-0.1, -0.05) is 0 Å². The van der Waals surface area contributed by atoms with Crippen LogP contribution in [0.3, 0.4) is 0 Å². The molecular weight excluding hydrogens is 152 g/mol. The molecule has 5 heteroatoms. The van der Waals surface area contributed by atoms with Gasteiger partial charge < -0.3 is 5.11 Å². The van der Waals surface area contributed by atoms with Gasteiger partial charge in [-0.15, -0.1) is 5.75 Å². The van der Waals surface area contributed by atoms with E-state index in [4.69, 9.17) is 0 Å². The molecule has 0 fully saturated rings. The van der Waals surface area contributed by atoms with Crippen LogP contribution in [0.5, 0.6) is 5.75 Å². The summed E-state index contributed by atoms with van der Waals surface area (Å²) < 4.78 is 36.1. The van der Waals surface area contributed by atoms with Crippen molar-refractivity contribution in [3.8, 4) is 5.75 Å². The first-order valence-corrected chi connectivity index (χ1v) is 2.43. The largest absolute Gasteiger partial charge is 1.00 e. The maximum absolute atomic E-state index is 12.0. The predicted octanol–water partition coefficient (Wildman–Crippen LogP) is -1.82. The van der Waals surface area contributed by atoms with Crippen molar-refractivity contribution in [2.45, 2.75) is 0 Å². The summed E-state index contributed by atoms with van der Waals surface area (Å²) in [5.74, 6) is -5.40. The van der Waals surface area contributed by atoms with Crippen LogP contribution in [-0.2, 0) is 0 Å². The third-order valence-corrected chi connectivity index (χ3v) is 0.957. The SMILES string of the molecule is [Li+].[O-]c1cc(F)c(F)c(F)c1. The molecule has 0 unspecified atom stereocenters. The molecule has 0 N–H and O–H groups in total. The Morgan fingerprint density at radius 1 is 1.00 bits per heavy atom. The first-order valence-electron chi connectivity index (χ1n) is 2.43. The van der Waals surface area contributed by atoms with Crippen LogP contribution in [0.2, 0.25) is 0 Å². The summed E-state index contributed by atoms with van der Waals surface area (Å²) in [6, 6.07) is 0.775. The Hall–Kier alpha value is -0.593. The van der Waals surface area contributed by atoms with Crippen LogP contribution in [0.15, 0.2) is 12.1 Å². The van der Waals surface area contributed by atoms with E-state index in [1.54, 1.807) is 0 Å². The minimum Gasteiger partial charge on any atom is -0.872 e. The Bertz CT molecular complexity index is 241. The minimum atomic E-state index is -1.61. The maximum Gasteiger partial charge on any atom is 1.00 e. The monoisotopic (exact) mass is 154 g/mol. The number of halogens is 3. The molecule has 0 aliphatic carbocycles. The van der Waals surface area contributed by atoms with E-state index in [2.05, 4.69) is 0 Å². The molecule has 54 valence electrons. The molecule has 0 radical (unpaired) electrons. The van der Waals surface area contributed by atoms with Crippen molar-refractivity contribution in [1.29, 1.82) is 0 Å². The van der Waals surface area contributed by atoms with Gasteiger partial charge in [-0.2, -0.15) is 0 Å². The van der Waals surface area contributed by atoms with Crippen molar-refractivity contribution in [1.82, 2.24) is 0 Å². The number of hydrogen-bond donors (Lipinski definition) is 0.